The fourth-order valence-corrected chi connectivity index (χ4v) is 1.45. The lowest BCUT2D eigenvalue weighted by Crippen LogP contribution is -2.47. The van der Waals surface area contributed by atoms with Gasteiger partial charge >= 0.3 is 0 Å². The first-order valence-corrected chi connectivity index (χ1v) is 4.54. The Bertz CT molecular complexity index is 127. The van der Waals surface area contributed by atoms with Gasteiger partial charge in [0.1, 0.15) is 5.50 Å². The quantitative estimate of drug-likeness (QED) is 0.344. The summed E-state index contributed by atoms with van der Waals surface area (Å²) in [5, 5.41) is 3.67. The topological polar surface area (TPSA) is 41.3 Å². The van der Waals surface area contributed by atoms with E-state index in [9.17, 15) is 0 Å². The summed E-state index contributed by atoms with van der Waals surface area (Å²) in [6, 6.07) is 0. The molecular weight excluding hydrogens is 178 g/mol. The summed E-state index contributed by atoms with van der Waals surface area (Å²) in [6.45, 7) is 5.57. The Kier molecular flexibility index (Phi) is 5.62. The van der Waals surface area contributed by atoms with Gasteiger partial charge in [0.15, 0.2) is 5.11 Å². The summed E-state index contributed by atoms with van der Waals surface area (Å²) in [5.41, 5.74) is 5.23. The third-order valence-electron chi connectivity index (χ3n) is 1.25. The number of nitrogens with two attached hydrogens (primary N) is 1. The van der Waals surface area contributed by atoms with E-state index in [2.05, 4.69) is 17.9 Å². The van der Waals surface area contributed by atoms with E-state index in [1.807, 2.05) is 18.7 Å². The molecule has 0 heterocycles. The monoisotopic (exact) mass is 193 g/mol. The van der Waals surface area contributed by atoms with Gasteiger partial charge in [0, 0.05) is 13.1 Å². The van der Waals surface area contributed by atoms with Crippen LogP contribution in [0.2, 0.25) is 0 Å². The molecule has 0 saturated heterocycles. The van der Waals surface area contributed by atoms with Crippen LogP contribution in [0.1, 0.15) is 13.8 Å². The van der Waals surface area contributed by atoms with Crippen molar-refractivity contribution in [2.75, 3.05) is 13.1 Å². The molecule has 0 fully saturated rings. The van der Waals surface area contributed by atoms with Gasteiger partial charge in [-0.15, -0.1) is 12.6 Å². The third kappa shape index (κ3) is 3.79. The van der Waals surface area contributed by atoms with Gasteiger partial charge < -0.3 is 16.0 Å². The molecule has 66 valence electrons. The predicted octanol–water partition coefficient (Wildman–Crippen LogP) is 0.375. The number of rotatable bonds is 3. The predicted molar refractivity (Wildman–Crippen MR) is 55.6 cm³/mol. The molecule has 0 spiro atoms. The minimum absolute atomic E-state index is 0.313. The lowest BCUT2D eigenvalue weighted by molar-refractivity contribution is 0.418. The highest BCUT2D eigenvalue weighted by Gasteiger charge is 2.09. The Hall–Kier alpha value is -0.0000000000000000555. The molecule has 1 atom stereocenters. The number of nitrogens with zero attached hydrogens (tertiary/aromatic N) is 1. The van der Waals surface area contributed by atoms with Crippen LogP contribution in [-0.4, -0.2) is 28.6 Å². The Morgan fingerprint density at radius 2 is 2.27 bits per heavy atom. The molecule has 3 N–H and O–H groups in total. The van der Waals surface area contributed by atoms with Crippen molar-refractivity contribution in [3.63, 3.8) is 0 Å². The van der Waals surface area contributed by atoms with E-state index in [4.69, 9.17) is 18.0 Å². The first-order chi connectivity index (χ1) is 5.13. The highest BCUT2D eigenvalue weighted by atomic mass is 32.1. The maximum atomic E-state index is 5.54. The van der Waals surface area contributed by atoms with Crippen LogP contribution < -0.4 is 11.1 Å². The number of thiol groups is 1. The molecule has 0 aromatic carbocycles. The van der Waals surface area contributed by atoms with E-state index in [0.29, 0.717) is 5.11 Å². The van der Waals surface area contributed by atoms with Gasteiger partial charge in [-0.2, -0.15) is 0 Å². The molecule has 0 aromatic rings. The lowest BCUT2D eigenvalue weighted by atomic mass is 10.6. The Balaban J connectivity index is 3.92. The van der Waals surface area contributed by atoms with Gasteiger partial charge in [0.2, 0.25) is 0 Å². The molecule has 0 rings (SSSR count). The Labute approximate surface area is 78.7 Å². The average Bonchev–Trinajstić information content (AvgIpc) is 1.88. The van der Waals surface area contributed by atoms with E-state index in [0.717, 1.165) is 13.1 Å². The zero-order valence-electron chi connectivity index (χ0n) is 6.87. The molecule has 0 bridgehead atoms. The van der Waals surface area contributed by atoms with Crippen molar-refractivity contribution < 1.29 is 0 Å². The van der Waals surface area contributed by atoms with Crippen molar-refractivity contribution in [1.29, 1.82) is 0 Å². The van der Waals surface area contributed by atoms with Crippen molar-refractivity contribution in [2.45, 2.75) is 19.3 Å². The van der Waals surface area contributed by atoms with Gasteiger partial charge in [-0.25, -0.2) is 0 Å². The second-order valence-corrected chi connectivity index (χ2v) is 2.95. The van der Waals surface area contributed by atoms with Crippen LogP contribution in [0.4, 0.5) is 0 Å². The molecule has 0 aliphatic heterocycles. The van der Waals surface area contributed by atoms with E-state index in [-0.39, 0.29) is 5.50 Å². The lowest BCUT2D eigenvalue weighted by Gasteiger charge is -2.26. The Morgan fingerprint density at radius 3 is 2.55 bits per heavy atom. The van der Waals surface area contributed by atoms with E-state index in [1.165, 1.54) is 0 Å². The van der Waals surface area contributed by atoms with Crippen LogP contribution in [0.15, 0.2) is 0 Å². The van der Waals surface area contributed by atoms with Crippen LogP contribution in [-0.2, 0) is 0 Å². The summed E-state index contributed by atoms with van der Waals surface area (Å²) >= 11 is 9.12. The van der Waals surface area contributed by atoms with Gasteiger partial charge in [0.05, 0.1) is 0 Å². The smallest absolute Gasteiger partial charge is 0.170 e. The van der Waals surface area contributed by atoms with Crippen LogP contribution in [0.5, 0.6) is 0 Å². The third-order valence-corrected chi connectivity index (χ3v) is 1.91. The standard InChI is InChI=1S/C6H15N3S2/c1-3-8-6(11)9(4-2)5(7)10/h5,10H,3-4,7H2,1-2H3,(H,8,11). The number of thiocarbonyl (C=S) groups is 1. The molecule has 1 unspecified atom stereocenters. The van der Waals surface area contributed by atoms with Crippen LogP contribution >= 0.6 is 24.8 Å². The van der Waals surface area contributed by atoms with E-state index in [1.54, 1.807) is 0 Å². The second-order valence-electron chi connectivity index (χ2n) is 2.04. The fraction of sp³-hybridized carbons (Fsp3) is 0.833. The minimum Gasteiger partial charge on any atom is -0.363 e. The molecule has 0 radical (unpaired) electrons. The van der Waals surface area contributed by atoms with Crippen LogP contribution in [0.3, 0.4) is 0 Å². The van der Waals surface area contributed by atoms with Crippen molar-refractivity contribution in [3.05, 3.63) is 0 Å². The van der Waals surface area contributed by atoms with Gasteiger partial charge in [-0.1, -0.05) is 0 Å². The van der Waals surface area contributed by atoms with Gasteiger partial charge in [0.25, 0.3) is 0 Å². The highest BCUT2D eigenvalue weighted by molar-refractivity contribution is 7.81. The fourth-order valence-electron chi connectivity index (χ4n) is 0.704. The maximum Gasteiger partial charge on any atom is 0.170 e. The summed E-state index contributed by atoms with van der Waals surface area (Å²) < 4.78 is 0. The van der Waals surface area contributed by atoms with Crippen molar-refractivity contribution in [2.24, 2.45) is 5.73 Å². The van der Waals surface area contributed by atoms with Gasteiger partial charge in [-0.3, -0.25) is 0 Å². The largest absolute Gasteiger partial charge is 0.363 e. The molecular formula is C6H15N3S2. The molecule has 0 amide bonds. The molecule has 0 aliphatic carbocycles. The summed E-state index contributed by atoms with van der Waals surface area (Å²) in [7, 11) is 0. The first-order valence-electron chi connectivity index (χ1n) is 3.61. The number of hydrogen-bond donors (Lipinski definition) is 3. The van der Waals surface area contributed by atoms with Crippen molar-refractivity contribution in [3.8, 4) is 0 Å². The van der Waals surface area contributed by atoms with Crippen molar-refractivity contribution >= 4 is 30.0 Å². The summed E-state index contributed by atoms with van der Waals surface area (Å²) in [5.74, 6) is 0. The first kappa shape index (κ1) is 11.0. The zero-order chi connectivity index (χ0) is 8.85. The molecule has 0 saturated carbocycles. The normalized spacial score (nSPS) is 12.4. The minimum atomic E-state index is -0.313. The highest BCUT2D eigenvalue weighted by Crippen LogP contribution is 1.97. The molecule has 5 heteroatoms. The zero-order valence-corrected chi connectivity index (χ0v) is 8.58. The average molecular weight is 193 g/mol. The summed E-state index contributed by atoms with van der Waals surface area (Å²) in [6.07, 6.45) is 0. The number of nitrogens with one attached hydrogen (secondary N) is 1. The summed E-state index contributed by atoms with van der Waals surface area (Å²) in [4.78, 5) is 1.81. The molecule has 11 heavy (non-hydrogen) atoms. The number of hydrogen-bond acceptors (Lipinski definition) is 3. The van der Waals surface area contributed by atoms with Crippen LogP contribution in [0.25, 0.3) is 0 Å². The SMILES string of the molecule is CCNC(=S)N(CC)C(N)S. The molecule has 0 aromatic heterocycles. The molecule has 3 nitrogen and oxygen atoms in total. The maximum absolute atomic E-state index is 5.54. The van der Waals surface area contributed by atoms with E-state index < -0.39 is 0 Å². The Morgan fingerprint density at radius 1 is 1.73 bits per heavy atom. The van der Waals surface area contributed by atoms with E-state index >= 15 is 0 Å². The van der Waals surface area contributed by atoms with Gasteiger partial charge in [-0.05, 0) is 26.1 Å². The van der Waals surface area contributed by atoms with Crippen LogP contribution in [0, 0.1) is 0 Å². The molecule has 0 aliphatic rings. The van der Waals surface area contributed by atoms with Crippen molar-refractivity contribution in [1.82, 2.24) is 10.2 Å². The second kappa shape index (κ2) is 5.62.